The molecule has 28 heavy (non-hydrogen) atoms. The lowest BCUT2D eigenvalue weighted by Gasteiger charge is -2.05. The molecule has 2 aromatic heterocycles. The van der Waals surface area contributed by atoms with Crippen LogP contribution >= 0.6 is 0 Å². The molecule has 0 aliphatic carbocycles. The molecular formula is C25H19FNO+. The van der Waals surface area contributed by atoms with E-state index in [-0.39, 0.29) is 16.7 Å². The van der Waals surface area contributed by atoms with Crippen molar-refractivity contribution in [3.8, 4) is 22.4 Å². The highest BCUT2D eigenvalue weighted by atomic mass is 19.1. The average molecular weight is 373 g/mol. The van der Waals surface area contributed by atoms with Gasteiger partial charge in [-0.15, -0.1) is 0 Å². The summed E-state index contributed by atoms with van der Waals surface area (Å²) in [5.74, 6) is -0.719. The van der Waals surface area contributed by atoms with E-state index in [0.29, 0.717) is 11.0 Å². The third-order valence-corrected chi connectivity index (χ3v) is 5.03. The van der Waals surface area contributed by atoms with E-state index in [1.54, 1.807) is 6.07 Å². The van der Waals surface area contributed by atoms with Crippen LogP contribution in [0.4, 0.5) is 4.39 Å². The Bertz CT molecular complexity index is 1580. The molecule has 2 heterocycles. The van der Waals surface area contributed by atoms with Gasteiger partial charge >= 0.3 is 0 Å². The van der Waals surface area contributed by atoms with Crippen LogP contribution in [0.2, 0.25) is 0 Å². The number of pyridine rings is 1. The fourth-order valence-electron chi connectivity index (χ4n) is 3.69. The average Bonchev–Trinajstić information content (AvgIpc) is 3.17. The molecule has 136 valence electrons. The van der Waals surface area contributed by atoms with Crippen LogP contribution in [0.3, 0.4) is 0 Å². The molecule has 3 heteroatoms. The molecule has 0 aliphatic rings. The maximum absolute atomic E-state index is 15.2. The lowest BCUT2D eigenvalue weighted by atomic mass is 9.99. The molecule has 0 radical (unpaired) electrons. The van der Waals surface area contributed by atoms with Gasteiger partial charge in [0.15, 0.2) is 6.20 Å². The highest BCUT2D eigenvalue weighted by Gasteiger charge is 2.22. The van der Waals surface area contributed by atoms with E-state index in [0.717, 1.165) is 22.2 Å². The standard InChI is InChI=1S/C25H19FNO/c1-16-11-12-18-19-13-14-20(26)23(17-8-4-3-5-9-17)25(19)28-24(18)22(16)21-10-6-7-15-27(21)2/h3-15H,1-2H3/q+1/i3D,4D,5D,8D,9D. The fraction of sp³-hybridized carbons (Fsp3) is 0.0800. The Morgan fingerprint density at radius 1 is 0.893 bits per heavy atom. The van der Waals surface area contributed by atoms with Gasteiger partial charge in [-0.3, -0.25) is 0 Å². The SMILES string of the molecule is [2H]c1c([2H])c([2H])c(-c2c(F)ccc3c2oc2c(-c4cccc[n+]4C)c(C)ccc23)c([2H])c1[2H]. The van der Waals surface area contributed by atoms with Crippen molar-refractivity contribution in [2.24, 2.45) is 7.05 Å². The number of hydrogen-bond donors (Lipinski definition) is 0. The van der Waals surface area contributed by atoms with Crippen molar-refractivity contribution in [2.75, 3.05) is 0 Å². The first-order valence-electron chi connectivity index (χ1n) is 11.4. The van der Waals surface area contributed by atoms with Gasteiger partial charge < -0.3 is 4.42 Å². The maximum atomic E-state index is 15.2. The number of hydrogen-bond acceptors (Lipinski definition) is 1. The highest BCUT2D eigenvalue weighted by Crippen LogP contribution is 2.41. The summed E-state index contributed by atoms with van der Waals surface area (Å²) in [7, 11) is 1.92. The topological polar surface area (TPSA) is 17.0 Å². The van der Waals surface area contributed by atoms with Crippen molar-refractivity contribution in [1.82, 2.24) is 0 Å². The number of halogens is 1. The Hall–Kier alpha value is -3.46. The second-order valence-corrected chi connectivity index (χ2v) is 6.73. The zero-order valence-corrected chi connectivity index (χ0v) is 15.4. The molecule has 0 fully saturated rings. The zero-order valence-electron chi connectivity index (χ0n) is 20.4. The van der Waals surface area contributed by atoms with Crippen molar-refractivity contribution in [2.45, 2.75) is 6.92 Å². The predicted molar refractivity (Wildman–Crippen MR) is 110 cm³/mol. The fourth-order valence-corrected chi connectivity index (χ4v) is 3.69. The molecule has 5 rings (SSSR count). The largest absolute Gasteiger partial charge is 0.454 e. The number of fused-ring (bicyclic) bond motifs is 3. The highest BCUT2D eigenvalue weighted by molar-refractivity contribution is 6.13. The van der Waals surface area contributed by atoms with E-state index < -0.39 is 36.0 Å². The van der Waals surface area contributed by atoms with Gasteiger partial charge in [0.2, 0.25) is 5.69 Å². The number of aromatic nitrogens is 1. The third kappa shape index (κ3) is 2.43. The maximum Gasteiger partial charge on any atom is 0.216 e. The van der Waals surface area contributed by atoms with E-state index in [9.17, 15) is 0 Å². The molecule has 0 saturated heterocycles. The van der Waals surface area contributed by atoms with Crippen molar-refractivity contribution in [1.29, 1.82) is 0 Å². The van der Waals surface area contributed by atoms with Crippen LogP contribution in [0.25, 0.3) is 44.3 Å². The van der Waals surface area contributed by atoms with Crippen molar-refractivity contribution in [3.63, 3.8) is 0 Å². The lowest BCUT2D eigenvalue weighted by molar-refractivity contribution is -0.660. The molecule has 0 N–H and O–H groups in total. The first-order chi connectivity index (χ1) is 15.7. The molecule has 5 aromatic rings. The molecule has 2 nitrogen and oxygen atoms in total. The van der Waals surface area contributed by atoms with Crippen LogP contribution in [0.1, 0.15) is 12.4 Å². The van der Waals surface area contributed by atoms with Crippen LogP contribution < -0.4 is 4.57 Å². The van der Waals surface area contributed by atoms with Crippen molar-refractivity contribution < 1.29 is 20.2 Å². The molecule has 0 bridgehead atoms. The third-order valence-electron chi connectivity index (χ3n) is 5.03. The van der Waals surface area contributed by atoms with Crippen molar-refractivity contribution in [3.05, 3.63) is 90.3 Å². The van der Waals surface area contributed by atoms with Gasteiger partial charge in [-0.25, -0.2) is 8.96 Å². The summed E-state index contributed by atoms with van der Waals surface area (Å²) in [5, 5.41) is 1.36. The van der Waals surface area contributed by atoms with Gasteiger partial charge in [0, 0.05) is 22.9 Å². The Balaban J connectivity index is 1.95. The minimum Gasteiger partial charge on any atom is -0.454 e. The molecule has 0 spiro atoms. The second-order valence-electron chi connectivity index (χ2n) is 6.73. The summed E-state index contributed by atoms with van der Waals surface area (Å²) >= 11 is 0. The number of rotatable bonds is 2. The summed E-state index contributed by atoms with van der Waals surface area (Å²) in [6.45, 7) is 1.96. The van der Waals surface area contributed by atoms with E-state index in [1.807, 2.05) is 55.1 Å². The van der Waals surface area contributed by atoms with Gasteiger partial charge in [-0.1, -0.05) is 42.3 Å². The summed E-state index contributed by atoms with van der Waals surface area (Å²) in [5.41, 5.74) is 3.06. The summed E-state index contributed by atoms with van der Waals surface area (Å²) in [4.78, 5) is 0. The molecular weight excluding hydrogens is 349 g/mol. The minimum atomic E-state index is -0.719. The number of benzene rings is 3. The molecule has 0 amide bonds. The van der Waals surface area contributed by atoms with Gasteiger partial charge in [-0.2, -0.15) is 0 Å². The summed E-state index contributed by atoms with van der Waals surface area (Å²) in [6.07, 6.45) is 1.92. The Morgan fingerprint density at radius 3 is 2.36 bits per heavy atom. The van der Waals surface area contributed by atoms with E-state index in [2.05, 4.69) is 0 Å². The van der Waals surface area contributed by atoms with Crippen LogP contribution in [0.15, 0.2) is 83.3 Å². The Labute approximate surface area is 169 Å². The number of aryl methyl sites for hydroxylation is 2. The van der Waals surface area contributed by atoms with Gasteiger partial charge in [0.25, 0.3) is 0 Å². The van der Waals surface area contributed by atoms with Crippen LogP contribution in [0.5, 0.6) is 0 Å². The van der Waals surface area contributed by atoms with Crippen LogP contribution in [-0.2, 0) is 7.05 Å². The number of nitrogens with zero attached hydrogens (tertiary/aromatic N) is 1. The van der Waals surface area contributed by atoms with Crippen LogP contribution in [-0.4, -0.2) is 0 Å². The Morgan fingerprint density at radius 2 is 1.61 bits per heavy atom. The molecule has 0 saturated carbocycles. The Kier molecular flexibility index (Phi) is 2.72. The first kappa shape index (κ1) is 12.1. The molecule has 0 aliphatic heterocycles. The second kappa shape index (κ2) is 6.31. The number of furan rings is 1. The van der Waals surface area contributed by atoms with Crippen molar-refractivity contribution >= 4 is 21.9 Å². The predicted octanol–water partition coefficient (Wildman–Crippen LogP) is 6.19. The molecule has 0 atom stereocenters. The summed E-state index contributed by atoms with van der Waals surface area (Å²) in [6, 6.07) is 9.99. The monoisotopic (exact) mass is 373 g/mol. The lowest BCUT2D eigenvalue weighted by Crippen LogP contribution is -2.30. The van der Waals surface area contributed by atoms with E-state index in [1.165, 1.54) is 6.07 Å². The summed E-state index contributed by atoms with van der Waals surface area (Å²) < 4.78 is 64.0. The smallest absolute Gasteiger partial charge is 0.216 e. The van der Waals surface area contributed by atoms with Crippen LogP contribution in [0, 0.1) is 12.7 Å². The van der Waals surface area contributed by atoms with Gasteiger partial charge in [0.1, 0.15) is 24.0 Å². The zero-order chi connectivity index (χ0) is 23.6. The normalized spacial score (nSPS) is 13.9. The minimum absolute atomic E-state index is 0.137. The molecule has 3 aromatic carbocycles. The van der Waals surface area contributed by atoms with E-state index in [4.69, 9.17) is 11.3 Å². The van der Waals surface area contributed by atoms with Gasteiger partial charge in [0.05, 0.1) is 18.0 Å². The first-order valence-corrected chi connectivity index (χ1v) is 8.89. The quantitative estimate of drug-likeness (QED) is 0.337. The van der Waals surface area contributed by atoms with E-state index >= 15 is 4.39 Å². The van der Waals surface area contributed by atoms with Gasteiger partial charge in [-0.05, 0) is 36.2 Å². The molecule has 0 unspecified atom stereocenters.